The lowest BCUT2D eigenvalue weighted by Crippen LogP contribution is -2.34. The fourth-order valence-electron chi connectivity index (χ4n) is 2.90. The minimum absolute atomic E-state index is 0.0991. The second kappa shape index (κ2) is 8.18. The van der Waals surface area contributed by atoms with Crippen LogP contribution >= 0.6 is 12.2 Å². The van der Waals surface area contributed by atoms with E-state index in [2.05, 4.69) is 15.0 Å². The van der Waals surface area contributed by atoms with Gasteiger partial charge in [-0.1, -0.05) is 30.3 Å². The summed E-state index contributed by atoms with van der Waals surface area (Å²) in [6.45, 7) is 1.66. The summed E-state index contributed by atoms with van der Waals surface area (Å²) in [7, 11) is 1.28. The maximum absolute atomic E-state index is 12.8. The fourth-order valence-corrected chi connectivity index (χ4v) is 3.16. The van der Waals surface area contributed by atoms with E-state index in [4.69, 9.17) is 12.2 Å². The highest BCUT2D eigenvalue weighted by Crippen LogP contribution is 2.13. The van der Waals surface area contributed by atoms with Crippen LogP contribution < -0.4 is 10.9 Å². The summed E-state index contributed by atoms with van der Waals surface area (Å²) in [6, 6.07) is 13.8. The number of rotatable bonds is 5. The monoisotopic (exact) mass is 397 g/mol. The van der Waals surface area contributed by atoms with Crippen LogP contribution in [0.1, 0.15) is 28.9 Å². The molecular weight excluding hydrogens is 378 g/mol. The number of nitrogens with one attached hydrogen (secondary N) is 2. The Labute approximate surface area is 166 Å². The molecule has 1 heterocycles. The van der Waals surface area contributed by atoms with Crippen molar-refractivity contribution in [2.75, 3.05) is 7.11 Å². The molecule has 144 valence electrons. The number of aromatic nitrogens is 2. The molecule has 0 saturated carbocycles. The number of fused-ring (bicyclic) bond motifs is 1. The zero-order valence-electron chi connectivity index (χ0n) is 15.4. The number of carbonyl (C=O) groups excluding carboxylic acids is 2. The van der Waals surface area contributed by atoms with Crippen LogP contribution in [0.5, 0.6) is 0 Å². The van der Waals surface area contributed by atoms with Crippen molar-refractivity contribution in [3.63, 3.8) is 0 Å². The molecule has 1 atom stereocenters. The Hall–Kier alpha value is -3.26. The van der Waals surface area contributed by atoms with Crippen LogP contribution in [-0.2, 0) is 16.1 Å². The lowest BCUT2D eigenvalue weighted by atomic mass is 10.1. The standard InChI is InChI=1S/C20H19N3O4S/c1-12(13-6-4-3-5-7-13)21-17(24)11-23-18(25)15-9-8-14(19(26)27-2)10-16(15)22-20(23)28/h3-10,12H,11H2,1-2H3,(H,21,24)(H,22,28)/t12-/m0/s1. The highest BCUT2D eigenvalue weighted by Gasteiger charge is 2.14. The Morgan fingerprint density at radius 3 is 2.61 bits per heavy atom. The molecule has 0 bridgehead atoms. The zero-order valence-corrected chi connectivity index (χ0v) is 16.2. The smallest absolute Gasteiger partial charge is 0.337 e. The molecule has 0 unspecified atom stereocenters. The van der Waals surface area contributed by atoms with Gasteiger partial charge in [-0.15, -0.1) is 0 Å². The number of methoxy groups -OCH3 is 1. The largest absolute Gasteiger partial charge is 0.465 e. The van der Waals surface area contributed by atoms with E-state index in [1.807, 2.05) is 37.3 Å². The van der Waals surface area contributed by atoms with Crippen LogP contribution in [0.2, 0.25) is 0 Å². The van der Waals surface area contributed by atoms with Crippen LogP contribution in [0.4, 0.5) is 0 Å². The summed E-state index contributed by atoms with van der Waals surface area (Å²) in [5.74, 6) is -0.844. The van der Waals surface area contributed by atoms with Gasteiger partial charge in [-0.2, -0.15) is 0 Å². The van der Waals surface area contributed by atoms with Crippen molar-refractivity contribution in [3.8, 4) is 0 Å². The van der Waals surface area contributed by atoms with Gasteiger partial charge in [0.15, 0.2) is 4.77 Å². The third-order valence-corrected chi connectivity index (χ3v) is 4.70. The molecule has 2 aromatic carbocycles. The number of ether oxygens (including phenoxy) is 1. The summed E-state index contributed by atoms with van der Waals surface area (Å²) in [5.41, 5.74) is 1.26. The van der Waals surface area contributed by atoms with Crippen molar-refractivity contribution in [1.82, 2.24) is 14.9 Å². The molecule has 0 spiro atoms. The molecule has 0 fully saturated rings. The third-order valence-electron chi connectivity index (χ3n) is 4.38. The van der Waals surface area contributed by atoms with Crippen molar-refractivity contribution in [3.05, 3.63) is 74.8 Å². The van der Waals surface area contributed by atoms with Gasteiger partial charge in [0.2, 0.25) is 5.91 Å². The second-order valence-corrected chi connectivity index (χ2v) is 6.66. The van der Waals surface area contributed by atoms with Crippen molar-refractivity contribution < 1.29 is 14.3 Å². The van der Waals surface area contributed by atoms with Crippen LogP contribution in [0, 0.1) is 4.77 Å². The Morgan fingerprint density at radius 2 is 1.93 bits per heavy atom. The van der Waals surface area contributed by atoms with Crippen molar-refractivity contribution in [2.45, 2.75) is 19.5 Å². The van der Waals surface area contributed by atoms with Gasteiger partial charge < -0.3 is 15.0 Å². The average Bonchev–Trinajstić information content (AvgIpc) is 2.70. The Bertz CT molecular complexity index is 1150. The Balaban J connectivity index is 1.87. The molecule has 1 aromatic heterocycles. The van der Waals surface area contributed by atoms with E-state index in [0.717, 1.165) is 5.56 Å². The summed E-state index contributed by atoms with van der Waals surface area (Å²) in [6.07, 6.45) is 0. The summed E-state index contributed by atoms with van der Waals surface area (Å²) >= 11 is 5.24. The molecule has 28 heavy (non-hydrogen) atoms. The van der Waals surface area contributed by atoms with Gasteiger partial charge in [0.25, 0.3) is 5.56 Å². The van der Waals surface area contributed by atoms with E-state index in [1.165, 1.54) is 29.9 Å². The average molecular weight is 397 g/mol. The number of benzene rings is 2. The summed E-state index contributed by atoms with van der Waals surface area (Å²) in [4.78, 5) is 39.8. The minimum Gasteiger partial charge on any atom is -0.465 e. The Morgan fingerprint density at radius 1 is 1.21 bits per heavy atom. The van der Waals surface area contributed by atoms with Crippen molar-refractivity contribution in [2.24, 2.45) is 0 Å². The van der Waals surface area contributed by atoms with Gasteiger partial charge in [-0.25, -0.2) is 4.79 Å². The molecule has 7 nitrogen and oxygen atoms in total. The first kappa shape index (κ1) is 19.5. The highest BCUT2D eigenvalue weighted by molar-refractivity contribution is 7.71. The molecule has 0 saturated heterocycles. The minimum atomic E-state index is -0.514. The fraction of sp³-hybridized carbons (Fsp3) is 0.200. The molecule has 0 aliphatic carbocycles. The number of nitrogens with zero attached hydrogens (tertiary/aromatic N) is 1. The van der Waals surface area contributed by atoms with Crippen LogP contribution in [-0.4, -0.2) is 28.5 Å². The topological polar surface area (TPSA) is 93.2 Å². The molecular formula is C20H19N3O4S. The molecule has 0 aliphatic heterocycles. The van der Waals surface area contributed by atoms with E-state index < -0.39 is 11.5 Å². The maximum Gasteiger partial charge on any atom is 0.337 e. The predicted molar refractivity (Wildman–Crippen MR) is 108 cm³/mol. The van der Waals surface area contributed by atoms with Gasteiger partial charge in [-0.05, 0) is 42.9 Å². The number of carbonyl (C=O) groups is 2. The van der Waals surface area contributed by atoms with Gasteiger partial charge in [0.05, 0.1) is 29.6 Å². The maximum atomic E-state index is 12.8. The number of H-pyrrole nitrogens is 1. The number of hydrogen-bond acceptors (Lipinski definition) is 5. The number of amides is 1. The lowest BCUT2D eigenvalue weighted by Gasteiger charge is -2.15. The number of esters is 1. The number of aromatic amines is 1. The lowest BCUT2D eigenvalue weighted by molar-refractivity contribution is -0.122. The quantitative estimate of drug-likeness (QED) is 0.510. The summed E-state index contributed by atoms with van der Waals surface area (Å²) < 4.78 is 5.98. The third kappa shape index (κ3) is 4.01. The van der Waals surface area contributed by atoms with E-state index in [9.17, 15) is 14.4 Å². The van der Waals surface area contributed by atoms with Crippen LogP contribution in [0.15, 0.2) is 53.3 Å². The van der Waals surface area contributed by atoms with Crippen molar-refractivity contribution >= 4 is 35.0 Å². The van der Waals surface area contributed by atoms with E-state index in [-0.39, 0.29) is 23.3 Å². The highest BCUT2D eigenvalue weighted by atomic mass is 32.1. The van der Waals surface area contributed by atoms with Crippen LogP contribution in [0.3, 0.4) is 0 Å². The number of hydrogen-bond donors (Lipinski definition) is 2. The molecule has 8 heteroatoms. The normalized spacial score (nSPS) is 11.8. The second-order valence-electron chi connectivity index (χ2n) is 6.27. The van der Waals surface area contributed by atoms with Crippen molar-refractivity contribution in [1.29, 1.82) is 0 Å². The SMILES string of the molecule is COC(=O)c1ccc2c(=O)n(CC(=O)N[C@@H](C)c3ccccc3)c(=S)[nH]c2c1. The van der Waals surface area contributed by atoms with Gasteiger partial charge in [0.1, 0.15) is 6.54 Å². The van der Waals surface area contributed by atoms with E-state index in [0.29, 0.717) is 16.5 Å². The first-order valence-corrected chi connectivity index (χ1v) is 9.01. The molecule has 3 aromatic rings. The van der Waals surface area contributed by atoms with Gasteiger partial charge >= 0.3 is 5.97 Å². The first-order valence-electron chi connectivity index (χ1n) is 8.60. The predicted octanol–water partition coefficient (Wildman–Crippen LogP) is 2.72. The zero-order chi connectivity index (χ0) is 20.3. The summed E-state index contributed by atoms with van der Waals surface area (Å²) in [5, 5.41) is 3.18. The van der Waals surface area contributed by atoms with E-state index in [1.54, 1.807) is 0 Å². The molecule has 1 amide bonds. The Kier molecular flexibility index (Phi) is 5.70. The molecule has 0 radical (unpaired) electrons. The first-order chi connectivity index (χ1) is 13.4. The van der Waals surface area contributed by atoms with E-state index >= 15 is 0 Å². The molecule has 2 N–H and O–H groups in total. The van der Waals surface area contributed by atoms with Crippen LogP contribution in [0.25, 0.3) is 10.9 Å². The molecule has 3 rings (SSSR count). The van der Waals surface area contributed by atoms with Gasteiger partial charge in [0, 0.05) is 0 Å². The van der Waals surface area contributed by atoms with Gasteiger partial charge in [-0.3, -0.25) is 14.2 Å². The molecule has 0 aliphatic rings.